The lowest BCUT2D eigenvalue weighted by Crippen LogP contribution is -2.45. The lowest BCUT2D eigenvalue weighted by atomic mass is 9.93. The molecule has 0 saturated carbocycles. The van der Waals surface area contributed by atoms with Crippen LogP contribution in [0.15, 0.2) is 40.6 Å². The highest BCUT2D eigenvalue weighted by Gasteiger charge is 2.32. The maximum Gasteiger partial charge on any atom is 0.267 e. The fourth-order valence-corrected chi connectivity index (χ4v) is 4.57. The van der Waals surface area contributed by atoms with Crippen LogP contribution in [0.5, 0.6) is 0 Å². The first-order chi connectivity index (χ1) is 13.4. The number of hydrogen-bond donors (Lipinski definition) is 0. The molecule has 1 fully saturated rings. The molecule has 1 amide bonds. The zero-order chi connectivity index (χ0) is 19.8. The number of likely N-dealkylation sites (tertiary alicyclic amines) is 1. The Morgan fingerprint density at radius 3 is 2.71 bits per heavy atom. The van der Waals surface area contributed by atoms with Crippen molar-refractivity contribution in [2.24, 2.45) is 13.0 Å². The summed E-state index contributed by atoms with van der Waals surface area (Å²) in [6.45, 7) is 5.11. The van der Waals surface area contributed by atoms with Gasteiger partial charge in [-0.2, -0.15) is 10.2 Å². The number of carbonyl (C=O) groups excluding carboxylic acids is 1. The van der Waals surface area contributed by atoms with Gasteiger partial charge in [0.05, 0.1) is 22.2 Å². The molecule has 0 aromatic carbocycles. The molecule has 1 aliphatic rings. The van der Waals surface area contributed by atoms with Crippen LogP contribution in [-0.2, 0) is 7.05 Å². The van der Waals surface area contributed by atoms with Crippen molar-refractivity contribution >= 4 is 17.2 Å². The number of rotatable bonds is 3. The van der Waals surface area contributed by atoms with Crippen molar-refractivity contribution in [2.75, 3.05) is 13.1 Å². The molecular weight excluding hydrogens is 374 g/mol. The number of aryl methyl sites for hydroxylation is 2. The predicted octanol–water partition coefficient (Wildman–Crippen LogP) is 2.74. The van der Waals surface area contributed by atoms with E-state index in [1.165, 1.54) is 0 Å². The van der Waals surface area contributed by atoms with E-state index in [1.54, 1.807) is 39.0 Å². The van der Waals surface area contributed by atoms with E-state index in [-0.39, 0.29) is 23.4 Å². The number of nitrogens with zero attached hydrogens (tertiary/aromatic N) is 5. The van der Waals surface area contributed by atoms with Crippen LogP contribution in [0.2, 0.25) is 0 Å². The Bertz CT molecular complexity index is 1050. The average molecular weight is 398 g/mol. The van der Waals surface area contributed by atoms with Crippen molar-refractivity contribution in [3.8, 4) is 10.6 Å². The zero-order valence-electron chi connectivity index (χ0n) is 16.2. The summed E-state index contributed by atoms with van der Waals surface area (Å²) in [6, 6.07) is 7.32. The lowest BCUT2D eigenvalue weighted by molar-refractivity contribution is 0.0607. The first kappa shape index (κ1) is 18.6. The van der Waals surface area contributed by atoms with Crippen LogP contribution in [-0.4, -0.2) is 43.5 Å². The molecule has 4 rings (SSSR count). The Kier molecular flexibility index (Phi) is 4.89. The monoisotopic (exact) mass is 397 g/mol. The van der Waals surface area contributed by atoms with Gasteiger partial charge in [-0.15, -0.1) is 11.3 Å². The van der Waals surface area contributed by atoms with Crippen LogP contribution < -0.4 is 5.56 Å². The first-order valence-electron chi connectivity index (χ1n) is 9.37. The Labute approximate surface area is 167 Å². The summed E-state index contributed by atoms with van der Waals surface area (Å²) in [7, 11) is 1.82. The van der Waals surface area contributed by atoms with Crippen LogP contribution in [0.25, 0.3) is 10.6 Å². The zero-order valence-corrected chi connectivity index (χ0v) is 17.0. The summed E-state index contributed by atoms with van der Waals surface area (Å²) in [5.74, 6) is 0.127. The number of carbonyl (C=O) groups is 1. The molecule has 2 atom stereocenters. The minimum atomic E-state index is -0.0972. The van der Waals surface area contributed by atoms with Gasteiger partial charge in [0.25, 0.3) is 11.5 Å². The van der Waals surface area contributed by atoms with E-state index in [2.05, 4.69) is 17.1 Å². The van der Waals surface area contributed by atoms with Gasteiger partial charge >= 0.3 is 0 Å². The smallest absolute Gasteiger partial charge is 0.267 e. The van der Waals surface area contributed by atoms with Crippen molar-refractivity contribution in [1.29, 1.82) is 0 Å². The molecule has 4 heterocycles. The van der Waals surface area contributed by atoms with Gasteiger partial charge in [0.15, 0.2) is 0 Å². The molecule has 0 spiro atoms. The Morgan fingerprint density at radius 1 is 1.25 bits per heavy atom. The van der Waals surface area contributed by atoms with E-state index in [9.17, 15) is 9.59 Å². The minimum Gasteiger partial charge on any atom is -0.338 e. The quantitative estimate of drug-likeness (QED) is 0.681. The second-order valence-corrected chi connectivity index (χ2v) is 8.31. The number of thiophene rings is 1. The Morgan fingerprint density at radius 2 is 2.07 bits per heavy atom. The molecule has 0 radical (unpaired) electrons. The number of piperidine rings is 1. The molecule has 3 aromatic heterocycles. The summed E-state index contributed by atoms with van der Waals surface area (Å²) >= 11 is 1.60. The Balaban J connectivity index is 1.55. The summed E-state index contributed by atoms with van der Waals surface area (Å²) in [5.41, 5.74) is 2.10. The molecule has 1 aliphatic heterocycles. The molecule has 3 aromatic rings. The van der Waals surface area contributed by atoms with Gasteiger partial charge in [0.1, 0.15) is 5.69 Å². The third-order valence-corrected chi connectivity index (χ3v) is 6.20. The van der Waals surface area contributed by atoms with Crippen molar-refractivity contribution in [3.63, 3.8) is 0 Å². The van der Waals surface area contributed by atoms with Crippen LogP contribution >= 0.6 is 11.3 Å². The summed E-state index contributed by atoms with van der Waals surface area (Å²) in [5, 5.41) is 10.9. The topological polar surface area (TPSA) is 73.0 Å². The molecular formula is C20H23N5O2S. The normalized spacial score (nSPS) is 19.8. The van der Waals surface area contributed by atoms with Crippen molar-refractivity contribution in [3.05, 3.63) is 57.5 Å². The number of aromatic nitrogens is 4. The van der Waals surface area contributed by atoms with Crippen molar-refractivity contribution < 1.29 is 4.79 Å². The third-order valence-electron chi connectivity index (χ3n) is 5.30. The van der Waals surface area contributed by atoms with Crippen LogP contribution in [0.1, 0.15) is 35.4 Å². The summed E-state index contributed by atoms with van der Waals surface area (Å²) in [6.07, 6.45) is 2.47. The maximum atomic E-state index is 12.9. The molecule has 7 nitrogen and oxygen atoms in total. The van der Waals surface area contributed by atoms with E-state index in [0.717, 1.165) is 16.3 Å². The van der Waals surface area contributed by atoms with Crippen molar-refractivity contribution in [2.45, 2.75) is 26.3 Å². The highest BCUT2D eigenvalue weighted by atomic mass is 32.1. The van der Waals surface area contributed by atoms with E-state index < -0.39 is 0 Å². The minimum absolute atomic E-state index is 0.00328. The van der Waals surface area contributed by atoms with E-state index in [4.69, 9.17) is 0 Å². The second-order valence-electron chi connectivity index (χ2n) is 7.37. The van der Waals surface area contributed by atoms with Gasteiger partial charge in [-0.1, -0.05) is 13.0 Å². The van der Waals surface area contributed by atoms with Gasteiger partial charge in [-0.3, -0.25) is 14.3 Å². The molecule has 0 unspecified atom stereocenters. The van der Waals surface area contributed by atoms with Gasteiger partial charge in [-0.25, -0.2) is 4.68 Å². The SMILES string of the molecule is Cc1nn(C)cc1C(=O)N1CC[C@H](n2nc(-c3cccs3)ccc2=O)[C@H](C)C1. The highest BCUT2D eigenvalue weighted by molar-refractivity contribution is 7.13. The number of hydrogen-bond acceptors (Lipinski definition) is 5. The summed E-state index contributed by atoms with van der Waals surface area (Å²) in [4.78, 5) is 28.3. The highest BCUT2D eigenvalue weighted by Crippen LogP contribution is 2.29. The Hall–Kier alpha value is -2.74. The summed E-state index contributed by atoms with van der Waals surface area (Å²) < 4.78 is 3.27. The molecule has 146 valence electrons. The first-order valence-corrected chi connectivity index (χ1v) is 10.3. The molecule has 0 aliphatic carbocycles. The van der Waals surface area contributed by atoms with E-state index >= 15 is 0 Å². The standard InChI is InChI=1S/C20H23N5O2S/c1-13-11-24(20(27)15-12-23(3)21-14(15)2)9-8-17(13)25-19(26)7-6-16(22-25)18-5-4-10-28-18/h4-7,10,12-13,17H,8-9,11H2,1-3H3/t13-,17+/m1/s1. The van der Waals surface area contributed by atoms with Crippen LogP contribution in [0, 0.1) is 12.8 Å². The van der Waals surface area contributed by atoms with Crippen molar-refractivity contribution in [1.82, 2.24) is 24.5 Å². The second kappa shape index (κ2) is 7.35. The largest absolute Gasteiger partial charge is 0.338 e. The van der Waals surface area contributed by atoms with Gasteiger partial charge < -0.3 is 4.90 Å². The average Bonchev–Trinajstić information content (AvgIpc) is 3.31. The molecule has 1 saturated heterocycles. The maximum absolute atomic E-state index is 12.9. The van der Waals surface area contributed by atoms with Gasteiger partial charge in [0, 0.05) is 32.4 Å². The van der Waals surface area contributed by atoms with Gasteiger partial charge in [-0.05, 0) is 36.8 Å². The fraction of sp³-hybridized carbons (Fsp3) is 0.400. The fourth-order valence-electron chi connectivity index (χ4n) is 3.88. The molecule has 28 heavy (non-hydrogen) atoms. The van der Waals surface area contributed by atoms with Gasteiger partial charge in [0.2, 0.25) is 0 Å². The van der Waals surface area contributed by atoms with E-state index in [1.807, 2.05) is 36.4 Å². The molecule has 0 N–H and O–H groups in total. The van der Waals surface area contributed by atoms with E-state index in [0.29, 0.717) is 25.1 Å². The number of amides is 1. The molecule has 0 bridgehead atoms. The lowest BCUT2D eigenvalue weighted by Gasteiger charge is -2.37. The van der Waals surface area contributed by atoms with Crippen LogP contribution in [0.3, 0.4) is 0 Å². The predicted molar refractivity (Wildman–Crippen MR) is 108 cm³/mol. The third kappa shape index (κ3) is 3.40. The van der Waals surface area contributed by atoms with Crippen LogP contribution in [0.4, 0.5) is 0 Å². The molecule has 8 heteroatoms.